The van der Waals surface area contributed by atoms with Crippen LogP contribution in [-0.4, -0.2) is 30.3 Å². The lowest BCUT2D eigenvalue weighted by atomic mass is 10.0. The number of halogens is 2. The monoisotopic (exact) mass is 382 g/mol. The molecular weight excluding hydrogens is 365 g/mol. The molecule has 1 aromatic carbocycles. The van der Waals surface area contributed by atoms with Crippen LogP contribution in [0.25, 0.3) is 0 Å². The van der Waals surface area contributed by atoms with Crippen molar-refractivity contribution in [1.82, 2.24) is 4.90 Å². The van der Waals surface area contributed by atoms with Crippen LogP contribution >= 0.6 is 11.3 Å². The number of hydrogen-bond donors (Lipinski definition) is 2. The van der Waals surface area contributed by atoms with E-state index in [-0.39, 0.29) is 30.6 Å². The van der Waals surface area contributed by atoms with Gasteiger partial charge in [0.2, 0.25) is 5.91 Å². The van der Waals surface area contributed by atoms with Crippen molar-refractivity contribution in [2.45, 2.75) is 19.4 Å². The fourth-order valence-corrected chi connectivity index (χ4v) is 4.19. The number of benzene rings is 1. The number of carbonyl (C=O) groups is 2. The number of likely N-dealkylation sites (N-methyl/N-ethyl adjacent to an activating group) is 1. The van der Waals surface area contributed by atoms with E-state index in [4.69, 9.17) is 5.73 Å². The number of thiophene rings is 1. The lowest BCUT2D eigenvalue weighted by Crippen LogP contribution is -3.00. The van der Waals surface area contributed by atoms with Crippen LogP contribution in [0.15, 0.2) is 24.3 Å². The lowest BCUT2D eigenvalue weighted by Gasteiger charge is -2.22. The lowest BCUT2D eigenvalue weighted by molar-refractivity contribution is -0.115. The van der Waals surface area contributed by atoms with E-state index in [9.17, 15) is 14.0 Å². The Balaban J connectivity index is 0.00000225. The first kappa shape index (κ1) is 19.4. The minimum Gasteiger partial charge on any atom is -1.00 e. The summed E-state index contributed by atoms with van der Waals surface area (Å²) in [6, 6.07) is 5.77. The molecule has 2 heterocycles. The van der Waals surface area contributed by atoms with E-state index in [1.807, 2.05) is 7.05 Å². The molecule has 1 aliphatic rings. The van der Waals surface area contributed by atoms with Crippen molar-refractivity contribution >= 4 is 28.2 Å². The average Bonchev–Trinajstić information content (AvgIpc) is 2.86. The van der Waals surface area contributed by atoms with Gasteiger partial charge in [0.1, 0.15) is 10.8 Å². The fourth-order valence-electron chi connectivity index (χ4n) is 2.84. The largest absolute Gasteiger partial charge is 1.00 e. The normalized spacial score (nSPS) is 13.7. The van der Waals surface area contributed by atoms with Gasteiger partial charge in [-0.25, -0.2) is 4.39 Å². The van der Waals surface area contributed by atoms with E-state index in [0.717, 1.165) is 30.0 Å². The summed E-state index contributed by atoms with van der Waals surface area (Å²) in [5.74, 6) is -1.12. The minimum atomic E-state index is -0.519. The van der Waals surface area contributed by atoms with Crippen LogP contribution in [0.2, 0.25) is 0 Å². The van der Waals surface area contributed by atoms with Crippen molar-refractivity contribution in [3.63, 3.8) is 0 Å². The highest BCUT2D eigenvalue weighted by Crippen LogP contribution is 2.36. The first-order valence-corrected chi connectivity index (χ1v) is 8.43. The number of primary amides is 1. The summed E-state index contributed by atoms with van der Waals surface area (Å²) in [7, 11) is 2.01. The van der Waals surface area contributed by atoms with Gasteiger partial charge >= 0.3 is 0 Å². The quantitative estimate of drug-likeness (QED) is 0.724. The second kappa shape index (κ2) is 7.95. The number of anilines is 1. The highest BCUT2D eigenvalue weighted by molar-refractivity contribution is 7.17. The molecule has 3 rings (SSSR count). The topological polar surface area (TPSA) is 75.4 Å². The minimum absolute atomic E-state index is 0. The van der Waals surface area contributed by atoms with Crippen molar-refractivity contribution < 1.29 is 26.4 Å². The van der Waals surface area contributed by atoms with Crippen molar-refractivity contribution in [1.29, 1.82) is 0 Å². The van der Waals surface area contributed by atoms with Gasteiger partial charge in [0.25, 0.3) is 5.91 Å². The second-order valence-electron chi connectivity index (χ2n) is 5.91. The molecule has 5 nitrogen and oxygen atoms in total. The first-order chi connectivity index (χ1) is 11.4. The summed E-state index contributed by atoms with van der Waals surface area (Å²) in [5, 5.41) is 3.30. The van der Waals surface area contributed by atoms with E-state index < -0.39 is 5.91 Å². The maximum absolute atomic E-state index is 12.9. The zero-order valence-electron chi connectivity index (χ0n) is 13.6. The number of nitrogens with two attached hydrogens (primary N) is 1. The third kappa shape index (κ3) is 4.36. The Kier molecular flexibility index (Phi) is 6.16. The number of nitrogens with zero attached hydrogens (tertiary/aromatic N) is 1. The molecule has 0 atom stereocenters. The third-order valence-corrected chi connectivity index (χ3v) is 5.16. The Bertz CT molecular complexity index is 792. The van der Waals surface area contributed by atoms with Gasteiger partial charge in [-0.1, -0.05) is 12.1 Å². The Morgan fingerprint density at radius 1 is 1.32 bits per heavy atom. The van der Waals surface area contributed by atoms with E-state index in [0.29, 0.717) is 16.1 Å². The average molecular weight is 383 g/mol. The summed E-state index contributed by atoms with van der Waals surface area (Å²) >= 11 is 1.40. The smallest absolute Gasteiger partial charge is 0.251 e. The van der Waals surface area contributed by atoms with Crippen LogP contribution in [-0.2, 0) is 24.2 Å². The second-order valence-corrected chi connectivity index (χ2v) is 7.02. The molecule has 0 spiro atoms. The van der Waals surface area contributed by atoms with Crippen molar-refractivity contribution in [2.75, 3.05) is 18.9 Å². The molecule has 0 aliphatic carbocycles. The zero-order chi connectivity index (χ0) is 17.3. The molecule has 25 heavy (non-hydrogen) atoms. The molecule has 0 radical (unpaired) electrons. The maximum Gasteiger partial charge on any atom is 0.251 e. The predicted octanol–water partition coefficient (Wildman–Crippen LogP) is -0.841. The Hall–Kier alpha value is -1.96. The van der Waals surface area contributed by atoms with Crippen molar-refractivity contribution in [3.05, 3.63) is 51.7 Å². The van der Waals surface area contributed by atoms with Gasteiger partial charge in [-0.05, 0) is 36.7 Å². The SMILES string of the molecule is CN1CCc2c(sc(NC(=O)Cc3ccc(F)cc3)c2C(N)=O)C1.[Cl-]. The zero-order valence-corrected chi connectivity index (χ0v) is 15.2. The predicted molar refractivity (Wildman–Crippen MR) is 91.6 cm³/mol. The van der Waals surface area contributed by atoms with Gasteiger partial charge < -0.3 is 28.4 Å². The van der Waals surface area contributed by atoms with E-state index in [1.54, 1.807) is 12.1 Å². The van der Waals surface area contributed by atoms with Crippen LogP contribution in [0.5, 0.6) is 0 Å². The Labute approximate surface area is 155 Å². The van der Waals surface area contributed by atoms with Gasteiger partial charge in [0, 0.05) is 18.0 Å². The van der Waals surface area contributed by atoms with Crippen LogP contribution in [0.1, 0.15) is 26.4 Å². The molecule has 2 amide bonds. The number of fused-ring (bicyclic) bond motifs is 1. The van der Waals surface area contributed by atoms with E-state index in [1.165, 1.54) is 23.5 Å². The number of nitrogens with one attached hydrogen (secondary N) is 1. The Morgan fingerprint density at radius 3 is 2.64 bits per heavy atom. The summed E-state index contributed by atoms with van der Waals surface area (Å²) in [6.07, 6.45) is 0.857. The Morgan fingerprint density at radius 2 is 2.00 bits per heavy atom. The van der Waals surface area contributed by atoms with Gasteiger partial charge in [0.15, 0.2) is 0 Å². The van der Waals surface area contributed by atoms with E-state index in [2.05, 4.69) is 10.2 Å². The maximum atomic E-state index is 12.9. The number of hydrogen-bond acceptors (Lipinski definition) is 4. The van der Waals surface area contributed by atoms with Crippen molar-refractivity contribution in [3.8, 4) is 0 Å². The highest BCUT2D eigenvalue weighted by Gasteiger charge is 2.26. The molecule has 1 aliphatic heterocycles. The molecule has 2 aromatic rings. The van der Waals surface area contributed by atoms with Crippen LogP contribution in [0, 0.1) is 5.82 Å². The van der Waals surface area contributed by atoms with Crippen LogP contribution in [0.3, 0.4) is 0 Å². The molecule has 0 saturated carbocycles. The molecule has 0 bridgehead atoms. The molecular formula is C17H18ClFN3O2S-. The number of amides is 2. The standard InChI is InChI=1S/C17H18FN3O2S.ClH/c1-21-7-6-12-13(9-21)24-17(15(12)16(19)23)20-14(22)8-10-2-4-11(18)5-3-10;/h2-5H,6-9H2,1H3,(H2,19,23)(H,20,22);1H/p-1. The summed E-state index contributed by atoms with van der Waals surface area (Å²) in [4.78, 5) is 27.3. The fraction of sp³-hybridized carbons (Fsp3) is 0.294. The first-order valence-electron chi connectivity index (χ1n) is 7.61. The molecule has 3 N–H and O–H groups in total. The summed E-state index contributed by atoms with van der Waals surface area (Å²) in [6.45, 7) is 1.60. The van der Waals surface area contributed by atoms with E-state index >= 15 is 0 Å². The molecule has 8 heteroatoms. The molecule has 0 unspecified atom stereocenters. The number of carbonyl (C=O) groups excluding carboxylic acids is 2. The van der Waals surface area contributed by atoms with Crippen LogP contribution < -0.4 is 23.5 Å². The molecule has 0 fully saturated rings. The van der Waals surface area contributed by atoms with Gasteiger partial charge in [-0.3, -0.25) is 9.59 Å². The van der Waals surface area contributed by atoms with Gasteiger partial charge in [0.05, 0.1) is 12.0 Å². The summed E-state index contributed by atoms with van der Waals surface area (Å²) < 4.78 is 12.9. The molecule has 0 saturated heterocycles. The van der Waals surface area contributed by atoms with Crippen molar-refractivity contribution in [2.24, 2.45) is 5.73 Å². The number of rotatable bonds is 4. The van der Waals surface area contributed by atoms with Gasteiger partial charge in [-0.2, -0.15) is 0 Å². The molecule has 1 aromatic heterocycles. The highest BCUT2D eigenvalue weighted by atomic mass is 35.5. The van der Waals surface area contributed by atoms with Crippen LogP contribution in [0.4, 0.5) is 9.39 Å². The molecule has 134 valence electrons. The third-order valence-electron chi connectivity index (χ3n) is 4.03. The summed E-state index contributed by atoms with van der Waals surface area (Å²) in [5.41, 5.74) is 7.60. The van der Waals surface area contributed by atoms with Gasteiger partial charge in [-0.15, -0.1) is 11.3 Å².